The summed E-state index contributed by atoms with van der Waals surface area (Å²) >= 11 is 5.88. The molecule has 0 saturated carbocycles. The van der Waals surface area contributed by atoms with Crippen LogP contribution in [0.5, 0.6) is 0 Å². The minimum Gasteiger partial charge on any atom is -0.490 e. The van der Waals surface area contributed by atoms with Crippen LogP contribution in [0.1, 0.15) is 5.76 Å². The number of carboxylic acids is 1. The Labute approximate surface area is 114 Å². The summed E-state index contributed by atoms with van der Waals surface area (Å²) in [4.78, 5) is 10.7. The molecule has 0 aliphatic heterocycles. The summed E-state index contributed by atoms with van der Waals surface area (Å²) in [5.74, 6) is -0.659. The average Bonchev–Trinajstić information content (AvgIpc) is 2.75. The first-order chi connectivity index (χ1) is 9.10. The third-order valence-electron chi connectivity index (χ3n) is 2.44. The fourth-order valence-corrected chi connectivity index (χ4v) is 1.75. The highest BCUT2D eigenvalue weighted by molar-refractivity contribution is 6.31. The Balaban J connectivity index is 2.24. The van der Waals surface area contributed by atoms with Gasteiger partial charge in [0, 0.05) is 10.4 Å². The fourth-order valence-electron chi connectivity index (χ4n) is 1.57. The first kappa shape index (κ1) is 13.2. The Morgan fingerprint density at radius 2 is 2.21 bits per heavy atom. The highest BCUT2D eigenvalue weighted by Crippen LogP contribution is 2.23. The second-order valence-electron chi connectivity index (χ2n) is 3.73. The predicted octanol–water partition coefficient (Wildman–Crippen LogP) is 3.71. The number of carbonyl (C=O) groups is 1. The van der Waals surface area contributed by atoms with E-state index < -0.39 is 5.97 Å². The minimum absolute atomic E-state index is 0.143. The molecular weight excluding hydrogens is 268 g/mol. The highest BCUT2D eigenvalue weighted by Gasteiger charge is 2.04. The Morgan fingerprint density at radius 3 is 2.89 bits per heavy atom. The molecule has 2 aromatic rings. The van der Waals surface area contributed by atoms with E-state index in [4.69, 9.17) is 21.1 Å². The molecule has 0 aliphatic carbocycles. The topological polar surface area (TPSA) is 59.7 Å². The second-order valence-corrected chi connectivity index (χ2v) is 4.17. The molecule has 0 bridgehead atoms. The molecule has 98 valence electrons. The number of benzene rings is 1. The summed E-state index contributed by atoms with van der Waals surface area (Å²) in [7, 11) is 1.30. The SMILES string of the molecule is CO/C(=C\C=C\c1cc2cc(Cl)ccc2o1)C(=O)O. The molecule has 0 unspecified atom stereocenters. The van der Waals surface area contributed by atoms with Crippen LogP contribution in [0.25, 0.3) is 17.0 Å². The first-order valence-electron chi connectivity index (χ1n) is 5.45. The van der Waals surface area contributed by atoms with Crippen molar-refractivity contribution < 1.29 is 19.1 Å². The average molecular weight is 279 g/mol. The van der Waals surface area contributed by atoms with Gasteiger partial charge in [-0.2, -0.15) is 0 Å². The van der Waals surface area contributed by atoms with E-state index in [9.17, 15) is 4.79 Å². The number of halogens is 1. The summed E-state index contributed by atoms with van der Waals surface area (Å²) in [6.07, 6.45) is 4.55. The molecule has 1 heterocycles. The Morgan fingerprint density at radius 1 is 1.42 bits per heavy atom. The molecule has 0 atom stereocenters. The van der Waals surface area contributed by atoms with E-state index in [1.165, 1.54) is 13.2 Å². The second kappa shape index (κ2) is 5.63. The van der Waals surface area contributed by atoms with Crippen LogP contribution in [0, 0.1) is 0 Å². The Bertz CT molecular complexity index is 667. The number of fused-ring (bicyclic) bond motifs is 1. The normalized spacial score (nSPS) is 12.2. The van der Waals surface area contributed by atoms with Gasteiger partial charge in [0.1, 0.15) is 11.3 Å². The van der Waals surface area contributed by atoms with E-state index in [2.05, 4.69) is 4.74 Å². The summed E-state index contributed by atoms with van der Waals surface area (Å²) in [5.41, 5.74) is 0.721. The van der Waals surface area contributed by atoms with Crippen LogP contribution in [0.3, 0.4) is 0 Å². The Kier molecular flexibility index (Phi) is 3.92. The van der Waals surface area contributed by atoms with Crippen molar-refractivity contribution in [1.82, 2.24) is 0 Å². The van der Waals surface area contributed by atoms with Gasteiger partial charge in [0.25, 0.3) is 0 Å². The smallest absolute Gasteiger partial charge is 0.371 e. The van der Waals surface area contributed by atoms with Crippen molar-refractivity contribution in [3.05, 3.63) is 53.0 Å². The van der Waals surface area contributed by atoms with Gasteiger partial charge < -0.3 is 14.3 Å². The molecule has 1 aromatic carbocycles. The van der Waals surface area contributed by atoms with Crippen molar-refractivity contribution in [3.63, 3.8) is 0 Å². The lowest BCUT2D eigenvalue weighted by atomic mass is 10.2. The third kappa shape index (κ3) is 3.17. The third-order valence-corrected chi connectivity index (χ3v) is 2.67. The monoisotopic (exact) mass is 278 g/mol. The highest BCUT2D eigenvalue weighted by atomic mass is 35.5. The number of methoxy groups -OCH3 is 1. The zero-order chi connectivity index (χ0) is 13.8. The molecule has 0 fully saturated rings. The lowest BCUT2D eigenvalue weighted by Gasteiger charge is -1.96. The number of rotatable bonds is 4. The van der Waals surface area contributed by atoms with Crippen molar-refractivity contribution in [2.45, 2.75) is 0 Å². The summed E-state index contributed by atoms with van der Waals surface area (Å²) < 4.78 is 10.2. The fraction of sp³-hybridized carbons (Fsp3) is 0.0714. The summed E-state index contributed by atoms with van der Waals surface area (Å²) in [5, 5.41) is 10.3. The van der Waals surface area contributed by atoms with E-state index in [-0.39, 0.29) is 5.76 Å². The summed E-state index contributed by atoms with van der Waals surface area (Å²) in [6, 6.07) is 7.14. The van der Waals surface area contributed by atoms with E-state index >= 15 is 0 Å². The van der Waals surface area contributed by atoms with Crippen molar-refractivity contribution in [2.75, 3.05) is 7.11 Å². The zero-order valence-corrected chi connectivity index (χ0v) is 10.8. The van der Waals surface area contributed by atoms with Crippen LogP contribution in [-0.4, -0.2) is 18.2 Å². The number of furan rings is 1. The minimum atomic E-state index is -1.12. The zero-order valence-electron chi connectivity index (χ0n) is 10.1. The van der Waals surface area contributed by atoms with Gasteiger partial charge >= 0.3 is 5.97 Å². The number of ether oxygens (including phenoxy) is 1. The van der Waals surface area contributed by atoms with Gasteiger partial charge in [-0.3, -0.25) is 0 Å². The largest absolute Gasteiger partial charge is 0.490 e. The maximum absolute atomic E-state index is 10.7. The standard InChI is InChI=1S/C14H11ClO4/c1-18-13(14(16)17)4-2-3-11-8-9-7-10(15)5-6-12(9)19-11/h2-8H,1H3,(H,16,17)/b3-2+,13-4-. The summed E-state index contributed by atoms with van der Waals surface area (Å²) in [6.45, 7) is 0. The van der Waals surface area contributed by atoms with Gasteiger partial charge in [0.2, 0.25) is 5.76 Å². The molecule has 5 heteroatoms. The van der Waals surface area contributed by atoms with Gasteiger partial charge in [-0.05, 0) is 36.4 Å². The van der Waals surface area contributed by atoms with Crippen LogP contribution in [0.4, 0.5) is 0 Å². The molecule has 4 nitrogen and oxygen atoms in total. The van der Waals surface area contributed by atoms with Crippen LogP contribution < -0.4 is 0 Å². The predicted molar refractivity (Wildman–Crippen MR) is 73.0 cm³/mol. The molecule has 0 aliphatic rings. The van der Waals surface area contributed by atoms with Crippen molar-refractivity contribution >= 4 is 34.6 Å². The van der Waals surface area contributed by atoms with Crippen LogP contribution in [-0.2, 0) is 9.53 Å². The molecule has 2 rings (SSSR count). The van der Waals surface area contributed by atoms with Crippen molar-refractivity contribution in [3.8, 4) is 0 Å². The molecule has 0 radical (unpaired) electrons. The van der Waals surface area contributed by atoms with Crippen LogP contribution >= 0.6 is 11.6 Å². The molecule has 0 spiro atoms. The maximum Gasteiger partial charge on any atom is 0.371 e. The van der Waals surface area contributed by atoms with E-state index in [0.717, 1.165) is 11.0 Å². The van der Waals surface area contributed by atoms with E-state index in [1.54, 1.807) is 30.4 Å². The van der Waals surface area contributed by atoms with Crippen molar-refractivity contribution in [1.29, 1.82) is 0 Å². The number of aliphatic carboxylic acids is 1. The van der Waals surface area contributed by atoms with Crippen molar-refractivity contribution in [2.24, 2.45) is 0 Å². The number of hydrogen-bond acceptors (Lipinski definition) is 3. The molecule has 1 aromatic heterocycles. The van der Waals surface area contributed by atoms with Crippen LogP contribution in [0.2, 0.25) is 5.02 Å². The van der Waals surface area contributed by atoms with Crippen LogP contribution in [0.15, 0.2) is 46.6 Å². The van der Waals surface area contributed by atoms with Gasteiger partial charge in [0.05, 0.1) is 7.11 Å². The maximum atomic E-state index is 10.7. The molecule has 0 saturated heterocycles. The van der Waals surface area contributed by atoms with Gasteiger partial charge in [0.15, 0.2) is 0 Å². The number of allylic oxidation sites excluding steroid dienone is 2. The molecule has 0 amide bonds. The van der Waals surface area contributed by atoms with Gasteiger partial charge in [-0.15, -0.1) is 0 Å². The van der Waals surface area contributed by atoms with E-state index in [0.29, 0.717) is 10.8 Å². The molecular formula is C14H11ClO4. The first-order valence-corrected chi connectivity index (χ1v) is 5.82. The molecule has 1 N–H and O–H groups in total. The van der Waals surface area contributed by atoms with Gasteiger partial charge in [-0.1, -0.05) is 17.7 Å². The lowest BCUT2D eigenvalue weighted by molar-refractivity contribution is -0.136. The number of hydrogen-bond donors (Lipinski definition) is 1. The number of carboxylic acid groups (broad SMARTS) is 1. The van der Waals surface area contributed by atoms with E-state index in [1.807, 2.05) is 6.07 Å². The lowest BCUT2D eigenvalue weighted by Crippen LogP contribution is -2.01. The molecule has 19 heavy (non-hydrogen) atoms. The van der Waals surface area contributed by atoms with Gasteiger partial charge in [-0.25, -0.2) is 4.79 Å². The Hall–Kier alpha value is -2.20. The quantitative estimate of drug-likeness (QED) is 0.526.